The number of nitrogens with zero attached hydrogens (tertiary/aromatic N) is 1. The molecule has 0 fully saturated rings. The summed E-state index contributed by atoms with van der Waals surface area (Å²) >= 11 is 0. The average molecular weight is 216 g/mol. The molecule has 1 aromatic carbocycles. The van der Waals surface area contributed by atoms with Gasteiger partial charge in [0.15, 0.2) is 0 Å². The summed E-state index contributed by atoms with van der Waals surface area (Å²) in [5, 5.41) is 3.04. The van der Waals surface area contributed by atoms with Crippen LogP contribution in [0.15, 0.2) is 36.5 Å². The minimum Gasteiger partial charge on any atom is -0.388 e. The molecule has 0 amide bonds. The van der Waals surface area contributed by atoms with Gasteiger partial charge in [-0.25, -0.2) is 4.39 Å². The highest BCUT2D eigenvalue weighted by molar-refractivity contribution is 5.67. The van der Waals surface area contributed by atoms with E-state index in [1.165, 1.54) is 12.1 Å². The van der Waals surface area contributed by atoms with Gasteiger partial charge in [0.1, 0.15) is 5.82 Å². The molecule has 1 N–H and O–H groups in total. The summed E-state index contributed by atoms with van der Waals surface area (Å²) < 4.78 is 13.2. The summed E-state index contributed by atoms with van der Waals surface area (Å²) in [6, 6.07) is 8.51. The van der Waals surface area contributed by atoms with Crippen molar-refractivity contribution in [2.24, 2.45) is 0 Å². The lowest BCUT2D eigenvalue weighted by atomic mass is 10.0. The number of pyridine rings is 1. The number of aromatic nitrogens is 1. The van der Waals surface area contributed by atoms with Gasteiger partial charge in [-0.05, 0) is 36.8 Å². The van der Waals surface area contributed by atoms with Gasteiger partial charge < -0.3 is 5.32 Å². The fraction of sp³-hybridized carbons (Fsp3) is 0.154. The van der Waals surface area contributed by atoms with Crippen molar-refractivity contribution in [3.63, 3.8) is 0 Å². The van der Waals surface area contributed by atoms with Crippen molar-refractivity contribution >= 4 is 5.69 Å². The maximum atomic E-state index is 13.2. The van der Waals surface area contributed by atoms with Crippen LogP contribution in [-0.4, -0.2) is 12.0 Å². The lowest BCUT2D eigenvalue weighted by Gasteiger charge is -2.07. The van der Waals surface area contributed by atoms with Crippen molar-refractivity contribution in [3.8, 4) is 11.3 Å². The Morgan fingerprint density at radius 1 is 1.19 bits per heavy atom. The third-order valence-corrected chi connectivity index (χ3v) is 2.52. The van der Waals surface area contributed by atoms with Gasteiger partial charge in [0, 0.05) is 24.5 Å². The van der Waals surface area contributed by atoms with Gasteiger partial charge in [0.25, 0.3) is 0 Å². The van der Waals surface area contributed by atoms with E-state index >= 15 is 0 Å². The first kappa shape index (κ1) is 10.6. The molecule has 82 valence electrons. The van der Waals surface area contributed by atoms with E-state index in [1.54, 1.807) is 12.3 Å². The van der Waals surface area contributed by atoms with Crippen molar-refractivity contribution in [2.75, 3.05) is 12.4 Å². The van der Waals surface area contributed by atoms with Crippen LogP contribution in [0.1, 0.15) is 5.56 Å². The highest BCUT2D eigenvalue weighted by Gasteiger charge is 2.05. The topological polar surface area (TPSA) is 24.9 Å². The molecule has 2 aromatic rings. The summed E-state index contributed by atoms with van der Waals surface area (Å²) in [5.74, 6) is -0.239. The van der Waals surface area contributed by atoms with E-state index in [-0.39, 0.29) is 5.82 Å². The molecule has 1 heterocycles. The molecular weight excluding hydrogens is 203 g/mol. The molecule has 2 nitrogen and oxygen atoms in total. The molecule has 0 saturated heterocycles. The molecule has 0 atom stereocenters. The van der Waals surface area contributed by atoms with Gasteiger partial charge in [0.05, 0.1) is 5.69 Å². The molecule has 2 rings (SSSR count). The van der Waals surface area contributed by atoms with Gasteiger partial charge in [-0.2, -0.15) is 0 Å². The lowest BCUT2D eigenvalue weighted by molar-refractivity contribution is 0.628. The smallest absolute Gasteiger partial charge is 0.123 e. The zero-order valence-corrected chi connectivity index (χ0v) is 9.29. The monoisotopic (exact) mass is 216 g/mol. The summed E-state index contributed by atoms with van der Waals surface area (Å²) in [5.41, 5.74) is 3.59. The van der Waals surface area contributed by atoms with E-state index in [2.05, 4.69) is 10.3 Å². The Labute approximate surface area is 94.2 Å². The summed E-state index contributed by atoms with van der Waals surface area (Å²) in [7, 11) is 1.84. The highest BCUT2D eigenvalue weighted by Crippen LogP contribution is 2.24. The lowest BCUT2D eigenvalue weighted by Crippen LogP contribution is -1.92. The summed E-state index contributed by atoms with van der Waals surface area (Å²) in [6.45, 7) is 1.95. The number of nitrogens with one attached hydrogen (secondary N) is 1. The molecule has 0 aliphatic heterocycles. The molecular formula is C13H13FN2. The first-order valence-corrected chi connectivity index (χ1v) is 5.11. The highest BCUT2D eigenvalue weighted by atomic mass is 19.1. The minimum absolute atomic E-state index is 0.239. The maximum absolute atomic E-state index is 13.2. The molecule has 1 aromatic heterocycles. The van der Waals surface area contributed by atoms with Crippen molar-refractivity contribution in [1.29, 1.82) is 0 Å². The number of halogens is 1. The second-order valence-corrected chi connectivity index (χ2v) is 3.64. The molecule has 0 aliphatic carbocycles. The van der Waals surface area contributed by atoms with Gasteiger partial charge in [-0.15, -0.1) is 0 Å². The molecule has 0 bridgehead atoms. The summed E-state index contributed by atoms with van der Waals surface area (Å²) in [4.78, 5) is 4.25. The zero-order chi connectivity index (χ0) is 11.5. The minimum atomic E-state index is -0.239. The maximum Gasteiger partial charge on any atom is 0.123 e. The number of hydrogen-bond acceptors (Lipinski definition) is 2. The second kappa shape index (κ2) is 4.31. The quantitative estimate of drug-likeness (QED) is 0.833. The predicted octanol–water partition coefficient (Wildman–Crippen LogP) is 3.24. The molecule has 0 saturated carbocycles. The van der Waals surface area contributed by atoms with E-state index in [0.29, 0.717) is 0 Å². The standard InChI is InChI=1S/C13H13FN2/c1-9-3-4-10(14)7-12(9)13-8-11(15-2)5-6-16-13/h3-8H,1-2H3,(H,15,16). The van der Waals surface area contributed by atoms with E-state index in [1.807, 2.05) is 26.1 Å². The van der Waals surface area contributed by atoms with Gasteiger partial charge in [0.2, 0.25) is 0 Å². The average Bonchev–Trinajstić information content (AvgIpc) is 2.32. The molecule has 0 unspecified atom stereocenters. The van der Waals surface area contributed by atoms with Crippen molar-refractivity contribution < 1.29 is 4.39 Å². The number of benzene rings is 1. The van der Waals surface area contributed by atoms with Crippen LogP contribution in [-0.2, 0) is 0 Å². The normalized spacial score (nSPS) is 10.2. The van der Waals surface area contributed by atoms with E-state index in [9.17, 15) is 4.39 Å². The Morgan fingerprint density at radius 3 is 2.75 bits per heavy atom. The van der Waals surface area contributed by atoms with E-state index in [4.69, 9.17) is 0 Å². The van der Waals surface area contributed by atoms with Gasteiger partial charge >= 0.3 is 0 Å². The fourth-order valence-corrected chi connectivity index (χ4v) is 1.60. The SMILES string of the molecule is CNc1ccnc(-c2cc(F)ccc2C)c1. The third kappa shape index (κ3) is 2.03. The van der Waals surface area contributed by atoms with Crippen LogP contribution in [0, 0.1) is 12.7 Å². The number of hydrogen-bond donors (Lipinski definition) is 1. The Kier molecular flexibility index (Phi) is 2.86. The van der Waals surface area contributed by atoms with Crippen LogP contribution in [0.3, 0.4) is 0 Å². The predicted molar refractivity (Wildman–Crippen MR) is 63.9 cm³/mol. The fourth-order valence-electron chi connectivity index (χ4n) is 1.60. The Bertz CT molecular complexity index is 509. The van der Waals surface area contributed by atoms with Crippen molar-refractivity contribution in [1.82, 2.24) is 4.98 Å². The number of rotatable bonds is 2. The number of anilines is 1. The molecule has 0 aliphatic rings. The van der Waals surface area contributed by atoms with Gasteiger partial charge in [-0.3, -0.25) is 4.98 Å². The number of aryl methyl sites for hydroxylation is 1. The van der Waals surface area contributed by atoms with Crippen LogP contribution >= 0.6 is 0 Å². The Morgan fingerprint density at radius 2 is 2.00 bits per heavy atom. The molecule has 16 heavy (non-hydrogen) atoms. The second-order valence-electron chi connectivity index (χ2n) is 3.64. The Hall–Kier alpha value is -1.90. The van der Waals surface area contributed by atoms with Crippen LogP contribution in [0.4, 0.5) is 10.1 Å². The summed E-state index contributed by atoms with van der Waals surface area (Å²) in [6.07, 6.45) is 1.71. The first-order valence-electron chi connectivity index (χ1n) is 5.11. The van der Waals surface area contributed by atoms with E-state index < -0.39 is 0 Å². The van der Waals surface area contributed by atoms with E-state index in [0.717, 1.165) is 22.5 Å². The van der Waals surface area contributed by atoms with Crippen molar-refractivity contribution in [3.05, 3.63) is 47.9 Å². The molecule has 0 spiro atoms. The van der Waals surface area contributed by atoms with Crippen LogP contribution in [0.5, 0.6) is 0 Å². The molecule has 3 heteroatoms. The van der Waals surface area contributed by atoms with Crippen LogP contribution < -0.4 is 5.32 Å². The molecule has 0 radical (unpaired) electrons. The first-order chi connectivity index (χ1) is 7.70. The van der Waals surface area contributed by atoms with Gasteiger partial charge in [-0.1, -0.05) is 6.07 Å². The largest absolute Gasteiger partial charge is 0.388 e. The zero-order valence-electron chi connectivity index (χ0n) is 9.29. The third-order valence-electron chi connectivity index (χ3n) is 2.52. The van der Waals surface area contributed by atoms with Crippen LogP contribution in [0.2, 0.25) is 0 Å². The Balaban J connectivity index is 2.53. The van der Waals surface area contributed by atoms with Crippen molar-refractivity contribution in [2.45, 2.75) is 6.92 Å². The van der Waals surface area contributed by atoms with Crippen LogP contribution in [0.25, 0.3) is 11.3 Å².